The van der Waals surface area contributed by atoms with Crippen molar-refractivity contribution < 1.29 is 0 Å². The average Bonchev–Trinajstić information content (AvgIpc) is 2.14. The van der Waals surface area contributed by atoms with E-state index in [0.717, 1.165) is 5.92 Å². The highest BCUT2D eigenvalue weighted by atomic mass is 15.1. The van der Waals surface area contributed by atoms with Gasteiger partial charge in [-0.15, -0.1) is 0 Å². The second kappa shape index (κ2) is 5.61. The molecule has 1 rings (SSSR count). The predicted octanol–water partition coefficient (Wildman–Crippen LogP) is 1.72. The van der Waals surface area contributed by atoms with Gasteiger partial charge in [-0.05, 0) is 52.2 Å². The molecule has 0 radical (unpaired) electrons. The maximum Gasteiger partial charge on any atom is 0.00479 e. The van der Waals surface area contributed by atoms with Gasteiger partial charge < -0.3 is 10.2 Å². The van der Waals surface area contributed by atoms with Gasteiger partial charge in [-0.3, -0.25) is 0 Å². The molecule has 1 heterocycles. The van der Waals surface area contributed by atoms with Crippen molar-refractivity contribution in [3.05, 3.63) is 0 Å². The number of piperidine rings is 1. The molecule has 2 nitrogen and oxygen atoms in total. The largest absolute Gasteiger partial charge is 0.317 e. The van der Waals surface area contributed by atoms with E-state index < -0.39 is 0 Å². The summed E-state index contributed by atoms with van der Waals surface area (Å²) in [6.07, 6.45) is 4.11. The van der Waals surface area contributed by atoms with Crippen molar-refractivity contribution in [2.75, 3.05) is 26.7 Å². The quantitative estimate of drug-likeness (QED) is 0.715. The normalized spacial score (nSPS) is 27.5. The molecule has 2 atom stereocenters. The van der Waals surface area contributed by atoms with Crippen molar-refractivity contribution in [3.8, 4) is 0 Å². The van der Waals surface area contributed by atoms with Gasteiger partial charge in [-0.2, -0.15) is 0 Å². The highest BCUT2D eigenvalue weighted by Gasteiger charge is 2.15. The van der Waals surface area contributed by atoms with Gasteiger partial charge in [-0.25, -0.2) is 0 Å². The van der Waals surface area contributed by atoms with Crippen LogP contribution in [0.1, 0.15) is 33.1 Å². The topological polar surface area (TPSA) is 15.3 Å². The standard InChI is InChI=1S/C11H24N2/c1-10-5-4-7-13(9-10)8-6-11(2)12-3/h10-12H,4-9H2,1-3H3/t10-,11+/m0/s1. The monoisotopic (exact) mass is 184 g/mol. The van der Waals surface area contributed by atoms with Crippen molar-refractivity contribution in [1.29, 1.82) is 0 Å². The van der Waals surface area contributed by atoms with Crippen molar-refractivity contribution in [1.82, 2.24) is 10.2 Å². The summed E-state index contributed by atoms with van der Waals surface area (Å²) in [5, 5.41) is 3.29. The summed E-state index contributed by atoms with van der Waals surface area (Å²) in [5.74, 6) is 0.915. The molecule has 1 saturated heterocycles. The molecule has 13 heavy (non-hydrogen) atoms. The Bertz CT molecular complexity index is 136. The van der Waals surface area contributed by atoms with Crippen LogP contribution >= 0.6 is 0 Å². The average molecular weight is 184 g/mol. The minimum atomic E-state index is 0.664. The first-order chi connectivity index (χ1) is 6.22. The van der Waals surface area contributed by atoms with Gasteiger partial charge in [-0.1, -0.05) is 6.92 Å². The molecule has 2 heteroatoms. The summed E-state index contributed by atoms with van der Waals surface area (Å²) >= 11 is 0. The molecule has 1 fully saturated rings. The lowest BCUT2D eigenvalue weighted by molar-refractivity contribution is 0.177. The van der Waals surface area contributed by atoms with Crippen LogP contribution in [0, 0.1) is 5.92 Å². The summed E-state index contributed by atoms with van der Waals surface area (Å²) in [7, 11) is 2.05. The van der Waals surface area contributed by atoms with Crippen LogP contribution in [0.25, 0.3) is 0 Å². The fourth-order valence-corrected chi connectivity index (χ4v) is 2.01. The van der Waals surface area contributed by atoms with E-state index in [0.29, 0.717) is 6.04 Å². The number of nitrogens with zero attached hydrogens (tertiary/aromatic N) is 1. The van der Waals surface area contributed by atoms with Crippen LogP contribution in [0.2, 0.25) is 0 Å². The van der Waals surface area contributed by atoms with Gasteiger partial charge in [0.2, 0.25) is 0 Å². The summed E-state index contributed by atoms with van der Waals surface area (Å²) in [6.45, 7) is 8.53. The molecule has 0 bridgehead atoms. The third-order valence-corrected chi connectivity index (χ3v) is 3.11. The fraction of sp³-hybridized carbons (Fsp3) is 1.00. The molecule has 1 N–H and O–H groups in total. The van der Waals surface area contributed by atoms with E-state index in [2.05, 4.69) is 24.1 Å². The predicted molar refractivity (Wildman–Crippen MR) is 58.0 cm³/mol. The molecule has 1 aliphatic heterocycles. The minimum absolute atomic E-state index is 0.664. The van der Waals surface area contributed by atoms with E-state index in [1.807, 2.05) is 7.05 Å². The zero-order valence-corrected chi connectivity index (χ0v) is 9.34. The summed E-state index contributed by atoms with van der Waals surface area (Å²) in [6, 6.07) is 0.664. The minimum Gasteiger partial charge on any atom is -0.317 e. The number of nitrogens with one attached hydrogen (secondary N) is 1. The fourth-order valence-electron chi connectivity index (χ4n) is 2.01. The Morgan fingerprint density at radius 2 is 2.31 bits per heavy atom. The van der Waals surface area contributed by atoms with Crippen LogP contribution in [-0.4, -0.2) is 37.6 Å². The first-order valence-corrected chi connectivity index (χ1v) is 5.62. The van der Waals surface area contributed by atoms with Gasteiger partial charge >= 0.3 is 0 Å². The molecule has 0 unspecified atom stereocenters. The van der Waals surface area contributed by atoms with Gasteiger partial charge in [0.25, 0.3) is 0 Å². The molecule has 78 valence electrons. The van der Waals surface area contributed by atoms with E-state index >= 15 is 0 Å². The lowest BCUT2D eigenvalue weighted by Crippen LogP contribution is -2.37. The third-order valence-electron chi connectivity index (χ3n) is 3.11. The van der Waals surface area contributed by atoms with Crippen LogP contribution in [0.4, 0.5) is 0 Å². The van der Waals surface area contributed by atoms with E-state index in [4.69, 9.17) is 0 Å². The first kappa shape index (κ1) is 11.0. The molecule has 1 aliphatic rings. The van der Waals surface area contributed by atoms with E-state index in [9.17, 15) is 0 Å². The van der Waals surface area contributed by atoms with E-state index in [-0.39, 0.29) is 0 Å². The van der Waals surface area contributed by atoms with Crippen LogP contribution < -0.4 is 5.32 Å². The smallest absolute Gasteiger partial charge is 0.00479 e. The van der Waals surface area contributed by atoms with Crippen LogP contribution in [0.3, 0.4) is 0 Å². The third kappa shape index (κ3) is 4.10. The molecule has 0 aromatic rings. The summed E-state index contributed by atoms with van der Waals surface area (Å²) in [4.78, 5) is 2.61. The van der Waals surface area contributed by atoms with Gasteiger partial charge in [0.1, 0.15) is 0 Å². The lowest BCUT2D eigenvalue weighted by atomic mass is 10.00. The Kier molecular flexibility index (Phi) is 4.74. The molecule has 0 saturated carbocycles. The van der Waals surface area contributed by atoms with Crippen molar-refractivity contribution in [3.63, 3.8) is 0 Å². The SMILES string of the molecule is CN[C@H](C)CCN1CCC[C@H](C)C1. The maximum absolute atomic E-state index is 3.29. The van der Waals surface area contributed by atoms with Gasteiger partial charge in [0, 0.05) is 12.6 Å². The summed E-state index contributed by atoms with van der Waals surface area (Å²) in [5.41, 5.74) is 0. The van der Waals surface area contributed by atoms with E-state index in [1.54, 1.807) is 0 Å². The summed E-state index contributed by atoms with van der Waals surface area (Å²) < 4.78 is 0. The van der Waals surface area contributed by atoms with E-state index in [1.165, 1.54) is 38.9 Å². The Morgan fingerprint density at radius 3 is 2.92 bits per heavy atom. The molecule has 0 aliphatic carbocycles. The van der Waals surface area contributed by atoms with Gasteiger partial charge in [0.05, 0.1) is 0 Å². The van der Waals surface area contributed by atoms with Crippen LogP contribution in [0.5, 0.6) is 0 Å². The zero-order valence-electron chi connectivity index (χ0n) is 9.34. The molecule has 0 spiro atoms. The molecule has 0 aromatic heterocycles. The van der Waals surface area contributed by atoms with Gasteiger partial charge in [0.15, 0.2) is 0 Å². The molecule has 0 aromatic carbocycles. The highest BCUT2D eigenvalue weighted by Crippen LogP contribution is 2.15. The Morgan fingerprint density at radius 1 is 1.54 bits per heavy atom. The van der Waals surface area contributed by atoms with Crippen molar-refractivity contribution in [2.24, 2.45) is 5.92 Å². The van der Waals surface area contributed by atoms with Crippen molar-refractivity contribution in [2.45, 2.75) is 39.2 Å². The zero-order chi connectivity index (χ0) is 9.68. The first-order valence-electron chi connectivity index (χ1n) is 5.62. The molecular formula is C11H24N2. The second-order valence-electron chi connectivity index (χ2n) is 4.53. The van der Waals surface area contributed by atoms with Crippen LogP contribution in [0.15, 0.2) is 0 Å². The molecule has 0 amide bonds. The van der Waals surface area contributed by atoms with Crippen LogP contribution in [-0.2, 0) is 0 Å². The highest BCUT2D eigenvalue weighted by molar-refractivity contribution is 4.71. The van der Waals surface area contributed by atoms with Crippen molar-refractivity contribution >= 4 is 0 Å². The maximum atomic E-state index is 3.29. The molecular weight excluding hydrogens is 160 g/mol. The number of hydrogen-bond donors (Lipinski definition) is 1. The Balaban J connectivity index is 2.13. The Labute approximate surface area is 82.7 Å². The Hall–Kier alpha value is -0.0800. The number of rotatable bonds is 4. The second-order valence-corrected chi connectivity index (χ2v) is 4.53. The number of hydrogen-bond acceptors (Lipinski definition) is 2. The number of likely N-dealkylation sites (tertiary alicyclic amines) is 1. The lowest BCUT2D eigenvalue weighted by Gasteiger charge is -2.31.